The largest absolute Gasteiger partial charge is 0.588 e. The second-order valence-electron chi connectivity index (χ2n) is 12.6. The maximum atomic E-state index is 15.3. The molecule has 12 nitrogen and oxygen atoms in total. The first kappa shape index (κ1) is 37.7. The van der Waals surface area contributed by atoms with Crippen LogP contribution in [0.15, 0.2) is 92.4 Å². The van der Waals surface area contributed by atoms with Gasteiger partial charge in [0, 0.05) is 47.6 Å². The summed E-state index contributed by atoms with van der Waals surface area (Å²) in [5, 5.41) is 5.12. The van der Waals surface area contributed by atoms with Gasteiger partial charge in [-0.15, -0.1) is 0 Å². The van der Waals surface area contributed by atoms with Crippen LogP contribution in [0.3, 0.4) is 0 Å². The van der Waals surface area contributed by atoms with Crippen LogP contribution in [0.2, 0.25) is 0 Å². The van der Waals surface area contributed by atoms with Gasteiger partial charge in [0.05, 0.1) is 11.7 Å². The van der Waals surface area contributed by atoms with Crippen molar-refractivity contribution in [2.75, 3.05) is 5.32 Å². The molecule has 2 aromatic heterocycles. The standard InChI is InChI=1S/C34H35BF2N6O6S/c1-18-17-42(6)33(48)43(31(18)46)28-12-7-20(19(2)38-28)15-27(29(35)44)40-30(45)21-13-22(36)16-26(25(37)14-21)41-50(49)24-10-8-23(9-11-24)39-32(47)34(3,4)5/h7-14,16-17,22,27,41H,15H2,1-6H3,(H,39,47)(H,40,45)/t22?,27-,50?/m0/s1. The second kappa shape index (κ2) is 15.2. The number of halogens is 2. The lowest BCUT2D eigenvalue weighted by Crippen LogP contribution is -2.43. The van der Waals surface area contributed by atoms with Gasteiger partial charge in [-0.05, 0) is 68.0 Å². The Kier molecular flexibility index (Phi) is 11.5. The van der Waals surface area contributed by atoms with Crippen LogP contribution in [0, 0.1) is 19.3 Å². The molecule has 4 rings (SSSR count). The Labute approximate surface area is 291 Å². The molecule has 1 aliphatic rings. The summed E-state index contributed by atoms with van der Waals surface area (Å²) in [5.41, 5.74) is -2.12. The number of pyridine rings is 1. The van der Waals surface area contributed by atoms with Gasteiger partial charge in [0.15, 0.2) is 18.6 Å². The van der Waals surface area contributed by atoms with Crippen molar-refractivity contribution in [3.8, 4) is 5.82 Å². The van der Waals surface area contributed by atoms with Crippen LogP contribution >= 0.6 is 0 Å². The molecule has 3 aromatic rings. The van der Waals surface area contributed by atoms with Crippen molar-refractivity contribution >= 4 is 42.4 Å². The van der Waals surface area contributed by atoms with Crippen molar-refractivity contribution < 1.29 is 27.7 Å². The zero-order valence-electron chi connectivity index (χ0n) is 28.2. The van der Waals surface area contributed by atoms with E-state index in [1.165, 1.54) is 54.2 Å². The van der Waals surface area contributed by atoms with E-state index in [1.54, 1.807) is 34.6 Å². The lowest BCUT2D eigenvalue weighted by molar-refractivity contribution is -0.123. The van der Waals surface area contributed by atoms with Gasteiger partial charge in [0.25, 0.3) is 11.5 Å². The number of benzene rings is 1. The van der Waals surface area contributed by atoms with E-state index >= 15 is 4.39 Å². The first-order valence-electron chi connectivity index (χ1n) is 15.3. The Morgan fingerprint density at radius 2 is 1.74 bits per heavy atom. The number of alkyl halides is 1. The Bertz CT molecular complexity index is 2020. The predicted molar refractivity (Wildman–Crippen MR) is 185 cm³/mol. The molecule has 1 aliphatic carbocycles. The van der Waals surface area contributed by atoms with E-state index in [2.05, 4.69) is 20.3 Å². The number of rotatable bonds is 10. The van der Waals surface area contributed by atoms with E-state index in [0.717, 1.165) is 22.8 Å². The zero-order valence-corrected chi connectivity index (χ0v) is 29.0. The fourth-order valence-corrected chi connectivity index (χ4v) is 5.58. The molecule has 2 unspecified atom stereocenters. The van der Waals surface area contributed by atoms with Gasteiger partial charge in [-0.2, -0.15) is 0 Å². The summed E-state index contributed by atoms with van der Waals surface area (Å²) >= 11 is -2.05. The lowest BCUT2D eigenvalue weighted by atomic mass is 9.89. The van der Waals surface area contributed by atoms with Crippen LogP contribution in [0.4, 0.5) is 14.5 Å². The van der Waals surface area contributed by atoms with Crippen LogP contribution in [-0.4, -0.2) is 56.2 Å². The maximum Gasteiger partial charge on any atom is 0.336 e. The minimum atomic E-state index is -2.05. The fourth-order valence-electron chi connectivity index (χ4n) is 4.71. The van der Waals surface area contributed by atoms with E-state index in [1.807, 2.05) is 0 Å². The number of hydrogen-bond donors (Lipinski definition) is 3. The quantitative estimate of drug-likeness (QED) is 0.214. The fraction of sp³-hybridized carbons (Fsp3) is 0.294. The number of carbonyl (C=O) groups excluding carboxylic acids is 3. The minimum Gasteiger partial charge on any atom is -0.588 e. The number of carbonyl (C=O) groups is 3. The van der Waals surface area contributed by atoms with Crippen molar-refractivity contribution in [2.45, 2.75) is 58.1 Å². The lowest BCUT2D eigenvalue weighted by Gasteiger charge is -2.18. The van der Waals surface area contributed by atoms with Crippen LogP contribution in [0.5, 0.6) is 0 Å². The summed E-state index contributed by atoms with van der Waals surface area (Å²) < 4.78 is 47.7. The SMILES string of the molecule is [B]C(=O)[C@H](Cc1ccc(-n2c(=O)c(C)cn(C)c2=O)nc1C)NC(=O)C1=CC(F)C=C(N[S+]([O-])c2ccc(NC(=O)C(C)(C)C)cc2)C(F)=C1. The molecule has 2 heterocycles. The molecule has 0 fully saturated rings. The number of nitrogens with one attached hydrogen (secondary N) is 3. The summed E-state index contributed by atoms with van der Waals surface area (Å²) in [4.78, 5) is 67.5. The zero-order chi connectivity index (χ0) is 37.1. The van der Waals surface area contributed by atoms with E-state index in [0.29, 0.717) is 22.5 Å². The molecule has 2 amide bonds. The highest BCUT2D eigenvalue weighted by Crippen LogP contribution is 2.24. The van der Waals surface area contributed by atoms with E-state index < -0.39 is 68.9 Å². The second-order valence-corrected chi connectivity index (χ2v) is 13.8. The van der Waals surface area contributed by atoms with Gasteiger partial charge in [-0.25, -0.2) is 27.8 Å². The van der Waals surface area contributed by atoms with Crippen LogP contribution < -0.4 is 26.6 Å². The van der Waals surface area contributed by atoms with Crippen LogP contribution in [-0.2, 0) is 39.2 Å². The third-order valence-electron chi connectivity index (χ3n) is 7.58. The Hall–Kier alpha value is -5.09. The van der Waals surface area contributed by atoms with E-state index in [4.69, 9.17) is 7.85 Å². The van der Waals surface area contributed by atoms with Gasteiger partial charge in [0.2, 0.25) is 5.91 Å². The number of allylic oxidation sites excluding steroid dienone is 3. The molecule has 2 radical (unpaired) electrons. The summed E-state index contributed by atoms with van der Waals surface area (Å²) in [7, 11) is 7.05. The summed E-state index contributed by atoms with van der Waals surface area (Å²) in [6.45, 7) is 8.38. The maximum absolute atomic E-state index is 15.3. The average Bonchev–Trinajstić information content (AvgIpc) is 3.17. The van der Waals surface area contributed by atoms with E-state index in [-0.39, 0.29) is 23.0 Å². The summed E-state index contributed by atoms with van der Waals surface area (Å²) in [5.74, 6) is -2.28. The van der Waals surface area contributed by atoms with Crippen LogP contribution in [0.1, 0.15) is 37.6 Å². The first-order chi connectivity index (χ1) is 23.3. The molecule has 0 spiro atoms. The minimum absolute atomic E-state index is 0.0536. The third kappa shape index (κ3) is 8.92. The van der Waals surface area contributed by atoms with Gasteiger partial charge < -0.3 is 24.5 Å². The number of hydrogen-bond acceptors (Lipinski definition) is 8. The van der Waals surface area contributed by atoms with Gasteiger partial charge in [-0.3, -0.25) is 14.4 Å². The Morgan fingerprint density at radius 1 is 1.08 bits per heavy atom. The van der Waals surface area contributed by atoms with Crippen molar-refractivity contribution in [1.82, 2.24) is 24.2 Å². The number of anilines is 1. The van der Waals surface area contributed by atoms with Gasteiger partial charge >= 0.3 is 5.69 Å². The van der Waals surface area contributed by atoms with E-state index in [9.17, 15) is 32.9 Å². The Morgan fingerprint density at radius 3 is 2.34 bits per heavy atom. The number of aryl methyl sites for hydroxylation is 3. The number of aromatic nitrogens is 3. The highest BCUT2D eigenvalue weighted by molar-refractivity contribution is 7.89. The monoisotopic (exact) mass is 704 g/mol. The molecular formula is C34H35BF2N6O6S. The Balaban J connectivity index is 1.46. The highest BCUT2D eigenvalue weighted by atomic mass is 32.2. The molecule has 16 heteroatoms. The van der Waals surface area contributed by atoms with Gasteiger partial charge in [0.1, 0.15) is 29.0 Å². The molecule has 0 aliphatic heterocycles. The third-order valence-corrected chi connectivity index (χ3v) is 8.69. The normalized spacial score (nSPS) is 15.9. The number of amides is 2. The highest BCUT2D eigenvalue weighted by Gasteiger charge is 2.26. The topological polar surface area (TPSA) is 167 Å². The molecule has 50 heavy (non-hydrogen) atoms. The van der Waals surface area contributed by atoms with Crippen molar-refractivity contribution in [3.05, 3.63) is 116 Å². The molecule has 0 saturated carbocycles. The summed E-state index contributed by atoms with van der Waals surface area (Å²) in [6.07, 6.45) is 1.61. The molecule has 1 aromatic carbocycles. The number of nitrogens with zero attached hydrogens (tertiary/aromatic N) is 3. The average molecular weight is 705 g/mol. The van der Waals surface area contributed by atoms with Crippen LogP contribution in [0.25, 0.3) is 5.82 Å². The molecule has 0 saturated heterocycles. The van der Waals surface area contributed by atoms with Gasteiger partial charge in [-0.1, -0.05) is 26.8 Å². The summed E-state index contributed by atoms with van der Waals surface area (Å²) in [6, 6.07) is 7.52. The molecule has 3 N–H and O–H groups in total. The molecule has 0 bridgehead atoms. The van der Waals surface area contributed by atoms with Crippen molar-refractivity contribution in [1.29, 1.82) is 0 Å². The predicted octanol–water partition coefficient (Wildman–Crippen LogP) is 2.58. The first-order valence-corrected chi connectivity index (χ1v) is 16.4. The molecule has 260 valence electrons. The molecule has 3 atom stereocenters. The van der Waals surface area contributed by atoms with Crippen molar-refractivity contribution in [3.63, 3.8) is 0 Å². The smallest absolute Gasteiger partial charge is 0.336 e. The van der Waals surface area contributed by atoms with Crippen molar-refractivity contribution in [2.24, 2.45) is 12.5 Å². The molecular weight excluding hydrogens is 669 g/mol.